The van der Waals surface area contributed by atoms with Crippen LogP contribution in [0.4, 0.5) is 5.69 Å². The Labute approximate surface area is 137 Å². The standard InChI is InChI=1S/C17H16N4O3/c1-10-9-12(7-8-15(10)21(23)24)17(22)18-11(2)16-19-13-5-3-4-6-14(13)20-16/h3-9,11H,1-2H3,(H,18,22)(H,19,20)/t11-/m0/s1. The lowest BCUT2D eigenvalue weighted by atomic mass is 10.1. The molecule has 0 radical (unpaired) electrons. The number of imidazole rings is 1. The van der Waals surface area contributed by atoms with E-state index in [1.54, 1.807) is 6.92 Å². The van der Waals surface area contributed by atoms with Crippen LogP contribution in [0.2, 0.25) is 0 Å². The van der Waals surface area contributed by atoms with Gasteiger partial charge in [-0.1, -0.05) is 12.1 Å². The average Bonchev–Trinajstić information content (AvgIpc) is 2.98. The van der Waals surface area contributed by atoms with Crippen LogP contribution in [0, 0.1) is 17.0 Å². The Balaban J connectivity index is 1.78. The van der Waals surface area contributed by atoms with Crippen molar-refractivity contribution < 1.29 is 9.72 Å². The fourth-order valence-corrected chi connectivity index (χ4v) is 2.53. The number of aromatic amines is 1. The van der Waals surface area contributed by atoms with Crippen LogP contribution in [-0.2, 0) is 0 Å². The lowest BCUT2D eigenvalue weighted by Crippen LogP contribution is -2.27. The van der Waals surface area contributed by atoms with E-state index < -0.39 is 4.92 Å². The summed E-state index contributed by atoms with van der Waals surface area (Å²) in [6.07, 6.45) is 0. The first kappa shape index (κ1) is 15.7. The van der Waals surface area contributed by atoms with Crippen molar-refractivity contribution in [2.24, 2.45) is 0 Å². The molecule has 0 saturated carbocycles. The van der Waals surface area contributed by atoms with Crippen LogP contribution >= 0.6 is 0 Å². The van der Waals surface area contributed by atoms with Gasteiger partial charge in [0.15, 0.2) is 0 Å². The van der Waals surface area contributed by atoms with E-state index in [0.717, 1.165) is 11.0 Å². The number of H-pyrrole nitrogens is 1. The van der Waals surface area contributed by atoms with E-state index in [1.807, 2.05) is 31.2 Å². The predicted molar refractivity (Wildman–Crippen MR) is 89.8 cm³/mol. The minimum Gasteiger partial charge on any atom is -0.342 e. The molecular formula is C17H16N4O3. The maximum Gasteiger partial charge on any atom is 0.272 e. The molecule has 24 heavy (non-hydrogen) atoms. The number of hydrogen-bond donors (Lipinski definition) is 2. The number of hydrogen-bond acceptors (Lipinski definition) is 4. The molecule has 1 atom stereocenters. The molecule has 2 N–H and O–H groups in total. The summed E-state index contributed by atoms with van der Waals surface area (Å²) in [7, 11) is 0. The van der Waals surface area contributed by atoms with Gasteiger partial charge in [-0.2, -0.15) is 0 Å². The second-order valence-electron chi connectivity index (χ2n) is 5.59. The first-order valence-corrected chi connectivity index (χ1v) is 7.46. The van der Waals surface area contributed by atoms with Crippen LogP contribution < -0.4 is 5.32 Å². The van der Waals surface area contributed by atoms with Gasteiger partial charge in [-0.05, 0) is 38.1 Å². The Bertz CT molecular complexity index is 899. The second-order valence-corrected chi connectivity index (χ2v) is 5.59. The lowest BCUT2D eigenvalue weighted by Gasteiger charge is -2.11. The molecule has 2 aromatic carbocycles. The number of rotatable bonds is 4. The normalized spacial score (nSPS) is 12.1. The molecule has 0 saturated heterocycles. The van der Waals surface area contributed by atoms with Crippen molar-refractivity contribution in [3.05, 3.63) is 69.5 Å². The van der Waals surface area contributed by atoms with E-state index in [1.165, 1.54) is 18.2 Å². The summed E-state index contributed by atoms with van der Waals surface area (Å²) in [6, 6.07) is 11.6. The summed E-state index contributed by atoms with van der Waals surface area (Å²) in [5.41, 5.74) is 2.56. The maximum atomic E-state index is 12.4. The third-order valence-electron chi connectivity index (χ3n) is 3.82. The molecule has 122 valence electrons. The highest BCUT2D eigenvalue weighted by Gasteiger charge is 2.17. The molecule has 0 unspecified atom stereocenters. The molecule has 1 aromatic heterocycles. The van der Waals surface area contributed by atoms with Gasteiger partial charge in [-0.15, -0.1) is 0 Å². The van der Waals surface area contributed by atoms with Crippen LogP contribution in [0.25, 0.3) is 11.0 Å². The zero-order chi connectivity index (χ0) is 17.3. The van der Waals surface area contributed by atoms with Gasteiger partial charge in [0.25, 0.3) is 11.6 Å². The number of aromatic nitrogens is 2. The van der Waals surface area contributed by atoms with Crippen molar-refractivity contribution in [1.29, 1.82) is 0 Å². The van der Waals surface area contributed by atoms with E-state index in [4.69, 9.17) is 0 Å². The molecule has 0 bridgehead atoms. The molecule has 0 spiro atoms. The first-order chi connectivity index (χ1) is 11.5. The molecule has 7 nitrogen and oxygen atoms in total. The highest BCUT2D eigenvalue weighted by molar-refractivity contribution is 5.95. The summed E-state index contributed by atoms with van der Waals surface area (Å²) in [5.74, 6) is 0.351. The van der Waals surface area contributed by atoms with E-state index >= 15 is 0 Å². The number of fused-ring (bicyclic) bond motifs is 1. The number of amides is 1. The molecule has 0 fully saturated rings. The second kappa shape index (κ2) is 6.11. The number of benzene rings is 2. The highest BCUT2D eigenvalue weighted by Crippen LogP contribution is 2.20. The topological polar surface area (TPSA) is 101 Å². The van der Waals surface area contributed by atoms with Crippen molar-refractivity contribution in [3.63, 3.8) is 0 Å². The van der Waals surface area contributed by atoms with Gasteiger partial charge < -0.3 is 10.3 Å². The van der Waals surface area contributed by atoms with Crippen molar-refractivity contribution >= 4 is 22.6 Å². The molecule has 3 aromatic rings. The van der Waals surface area contributed by atoms with Gasteiger partial charge in [0, 0.05) is 17.2 Å². The Hall–Kier alpha value is -3.22. The van der Waals surface area contributed by atoms with Crippen molar-refractivity contribution in [1.82, 2.24) is 15.3 Å². The number of carbonyl (C=O) groups is 1. The van der Waals surface area contributed by atoms with Gasteiger partial charge in [0.2, 0.25) is 0 Å². The minimum absolute atomic E-state index is 0.00289. The first-order valence-electron chi connectivity index (χ1n) is 7.46. The molecule has 1 heterocycles. The van der Waals surface area contributed by atoms with Crippen molar-refractivity contribution in [2.75, 3.05) is 0 Å². The summed E-state index contributed by atoms with van der Waals surface area (Å²) in [4.78, 5) is 30.4. The van der Waals surface area contributed by atoms with Crippen molar-refractivity contribution in [3.8, 4) is 0 Å². The number of aryl methyl sites for hydroxylation is 1. The number of nitro groups is 1. The molecule has 0 aliphatic heterocycles. The molecule has 7 heteroatoms. The molecule has 1 amide bonds. The van der Waals surface area contributed by atoms with Crippen molar-refractivity contribution in [2.45, 2.75) is 19.9 Å². The third kappa shape index (κ3) is 2.96. The zero-order valence-electron chi connectivity index (χ0n) is 13.2. The van der Waals surface area contributed by atoms with Crippen LogP contribution in [0.5, 0.6) is 0 Å². The van der Waals surface area contributed by atoms with E-state index in [2.05, 4.69) is 15.3 Å². The molecule has 0 aliphatic carbocycles. The minimum atomic E-state index is -0.464. The van der Waals surface area contributed by atoms with Gasteiger partial charge in [0.1, 0.15) is 5.82 Å². The Morgan fingerprint density at radius 3 is 2.71 bits per heavy atom. The third-order valence-corrected chi connectivity index (χ3v) is 3.82. The van der Waals surface area contributed by atoms with Crippen LogP contribution in [0.3, 0.4) is 0 Å². The fourth-order valence-electron chi connectivity index (χ4n) is 2.53. The Kier molecular flexibility index (Phi) is 3.99. The monoisotopic (exact) mass is 324 g/mol. The largest absolute Gasteiger partial charge is 0.342 e. The smallest absolute Gasteiger partial charge is 0.272 e. The lowest BCUT2D eigenvalue weighted by molar-refractivity contribution is -0.385. The van der Waals surface area contributed by atoms with E-state index in [-0.39, 0.29) is 17.6 Å². The highest BCUT2D eigenvalue weighted by atomic mass is 16.6. The van der Waals surface area contributed by atoms with Gasteiger partial charge >= 0.3 is 0 Å². The maximum absolute atomic E-state index is 12.4. The van der Waals surface area contributed by atoms with E-state index in [9.17, 15) is 14.9 Å². The van der Waals surface area contributed by atoms with Crippen LogP contribution in [-0.4, -0.2) is 20.8 Å². The number of carbonyl (C=O) groups excluding carboxylic acids is 1. The number of para-hydroxylation sites is 2. The molecular weight excluding hydrogens is 308 g/mol. The quantitative estimate of drug-likeness (QED) is 0.568. The molecule has 0 aliphatic rings. The SMILES string of the molecule is Cc1cc(C(=O)N[C@@H](C)c2nc3ccccc3[nH]2)ccc1[N+](=O)[O-]. The van der Waals surface area contributed by atoms with Gasteiger partial charge in [-0.3, -0.25) is 14.9 Å². The Morgan fingerprint density at radius 2 is 2.04 bits per heavy atom. The Morgan fingerprint density at radius 1 is 1.29 bits per heavy atom. The van der Waals surface area contributed by atoms with E-state index in [0.29, 0.717) is 17.0 Å². The number of nitrogens with zero attached hydrogens (tertiary/aromatic N) is 2. The molecule has 3 rings (SSSR count). The number of nitro benzene ring substituents is 1. The summed E-state index contributed by atoms with van der Waals surface area (Å²) < 4.78 is 0. The van der Waals surface area contributed by atoms with Crippen LogP contribution in [0.1, 0.15) is 34.7 Å². The average molecular weight is 324 g/mol. The van der Waals surface area contributed by atoms with Gasteiger partial charge in [0.05, 0.1) is 22.0 Å². The zero-order valence-corrected chi connectivity index (χ0v) is 13.2. The summed E-state index contributed by atoms with van der Waals surface area (Å²) in [5, 5.41) is 13.7. The fraction of sp³-hybridized carbons (Fsp3) is 0.176. The van der Waals surface area contributed by atoms with Crippen LogP contribution in [0.15, 0.2) is 42.5 Å². The number of nitrogens with one attached hydrogen (secondary N) is 2. The summed E-state index contributed by atoms with van der Waals surface area (Å²) >= 11 is 0. The summed E-state index contributed by atoms with van der Waals surface area (Å²) in [6.45, 7) is 3.44. The predicted octanol–water partition coefficient (Wildman–Crippen LogP) is 3.27. The van der Waals surface area contributed by atoms with Gasteiger partial charge in [-0.25, -0.2) is 4.98 Å².